The number of aliphatic hydroxyl groups excluding tert-OH is 2. The third-order valence-corrected chi connectivity index (χ3v) is 9.04. The molecule has 0 amide bonds. The molecule has 1 spiro atoms. The van der Waals surface area contributed by atoms with E-state index in [4.69, 9.17) is 19.6 Å². The second-order valence-electron chi connectivity index (χ2n) is 11.8. The van der Waals surface area contributed by atoms with E-state index in [9.17, 15) is 19.8 Å². The van der Waals surface area contributed by atoms with Crippen molar-refractivity contribution in [2.75, 3.05) is 18.9 Å². The smallest absolute Gasteiger partial charge is 0.339 e. The third kappa shape index (κ3) is 4.96. The summed E-state index contributed by atoms with van der Waals surface area (Å²) in [5.41, 5.74) is 8.30. The molecule has 4 N–H and O–H groups in total. The zero-order chi connectivity index (χ0) is 31.1. The highest BCUT2D eigenvalue weighted by molar-refractivity contribution is 5.89. The average Bonchev–Trinajstić information content (AvgIpc) is 3.38. The van der Waals surface area contributed by atoms with Crippen LogP contribution in [0.2, 0.25) is 0 Å². The molecule has 3 heterocycles. The normalized spacial score (nSPS) is 22.5. The number of fused-ring (bicyclic) bond motifs is 3. The number of carbonyl (C=O) groups is 1. The molecule has 0 bridgehead atoms. The van der Waals surface area contributed by atoms with Crippen LogP contribution >= 0.6 is 0 Å². The van der Waals surface area contributed by atoms with Crippen molar-refractivity contribution >= 4 is 22.8 Å². The lowest BCUT2D eigenvalue weighted by atomic mass is 9.60. The monoisotopic (exact) mass is 596 g/mol. The molecule has 0 radical (unpaired) electrons. The lowest BCUT2D eigenvalue weighted by Gasteiger charge is -2.53. The number of allylic oxidation sites excluding steroid dienone is 1. The van der Waals surface area contributed by atoms with Crippen molar-refractivity contribution in [3.8, 4) is 5.75 Å². The molecule has 9 nitrogen and oxygen atoms in total. The Kier molecular flexibility index (Phi) is 7.77. The first-order chi connectivity index (χ1) is 21.2. The predicted molar refractivity (Wildman–Crippen MR) is 166 cm³/mol. The number of pyridine rings is 1. The van der Waals surface area contributed by atoms with Crippen LogP contribution < -0.4 is 16.1 Å². The average molecular weight is 597 g/mol. The minimum atomic E-state index is -1.17. The molecule has 44 heavy (non-hydrogen) atoms. The Morgan fingerprint density at radius 3 is 2.66 bits per heavy atom. The van der Waals surface area contributed by atoms with Gasteiger partial charge < -0.3 is 29.8 Å². The van der Waals surface area contributed by atoms with E-state index in [-0.39, 0.29) is 19.6 Å². The third-order valence-electron chi connectivity index (χ3n) is 9.04. The maximum atomic E-state index is 13.6. The van der Waals surface area contributed by atoms with Gasteiger partial charge in [-0.2, -0.15) is 0 Å². The number of nitrogen functional groups attached to an aromatic ring is 1. The molecule has 0 saturated heterocycles. The summed E-state index contributed by atoms with van der Waals surface area (Å²) < 4.78 is 19.2. The fourth-order valence-electron chi connectivity index (χ4n) is 6.85. The number of esters is 1. The highest BCUT2D eigenvalue weighted by Gasteiger charge is 2.64. The van der Waals surface area contributed by atoms with Crippen molar-refractivity contribution in [1.29, 1.82) is 0 Å². The number of ether oxygens (including phenoxy) is 2. The Labute approximate surface area is 255 Å². The predicted octanol–water partition coefficient (Wildman–Crippen LogP) is 4.39. The Bertz CT molecular complexity index is 1810. The summed E-state index contributed by atoms with van der Waals surface area (Å²) in [7, 11) is 0. The van der Waals surface area contributed by atoms with Crippen LogP contribution in [-0.2, 0) is 28.8 Å². The Balaban J connectivity index is 1.54. The van der Waals surface area contributed by atoms with Crippen molar-refractivity contribution in [2.45, 2.75) is 63.1 Å². The number of benzene rings is 2. The minimum Gasteiger partial charge on any atom is -0.481 e. The van der Waals surface area contributed by atoms with E-state index < -0.39 is 28.7 Å². The van der Waals surface area contributed by atoms with Crippen LogP contribution in [0.25, 0.3) is 11.0 Å². The molecule has 2 aliphatic rings. The summed E-state index contributed by atoms with van der Waals surface area (Å²) in [6, 6.07) is 17.2. The van der Waals surface area contributed by atoms with Crippen LogP contribution in [0.4, 0.5) is 5.82 Å². The van der Waals surface area contributed by atoms with E-state index in [1.54, 1.807) is 31.3 Å². The standard InChI is InChI=1S/C35H36N2O7/c1-3-21(12-14-39)33(41)44-34(2)18-23-7-4-5-9-27(23)31(24-10-11-30(36)37-20-24)35(34)19-26-16-25-15-22(8-6-13-38)32(40)42-28(25)17-29(26)43-35/h3-5,7,9-11,15-17,20,31,38-39H,6,8,12-14,18-19H2,1-2H3,(H2,36,37). The summed E-state index contributed by atoms with van der Waals surface area (Å²) in [6.45, 7) is 3.45. The summed E-state index contributed by atoms with van der Waals surface area (Å²) in [5.74, 6) is 0.00580. The second-order valence-corrected chi connectivity index (χ2v) is 11.8. The van der Waals surface area contributed by atoms with Crippen LogP contribution in [0, 0.1) is 0 Å². The zero-order valence-electron chi connectivity index (χ0n) is 24.8. The molecule has 2 aromatic carbocycles. The zero-order valence-corrected chi connectivity index (χ0v) is 24.8. The quantitative estimate of drug-likeness (QED) is 0.153. The van der Waals surface area contributed by atoms with Crippen molar-refractivity contribution in [3.05, 3.63) is 111 Å². The molecule has 4 aromatic rings. The van der Waals surface area contributed by atoms with Crippen molar-refractivity contribution in [1.82, 2.24) is 4.98 Å². The van der Waals surface area contributed by atoms with Gasteiger partial charge in [-0.25, -0.2) is 14.6 Å². The summed E-state index contributed by atoms with van der Waals surface area (Å²) in [4.78, 5) is 30.8. The van der Waals surface area contributed by atoms with Gasteiger partial charge >= 0.3 is 11.6 Å². The van der Waals surface area contributed by atoms with E-state index >= 15 is 0 Å². The topological polar surface area (TPSA) is 145 Å². The molecule has 1 aliphatic heterocycles. The van der Waals surface area contributed by atoms with Gasteiger partial charge in [0, 0.05) is 61.3 Å². The van der Waals surface area contributed by atoms with Gasteiger partial charge in [0.05, 0.1) is 5.92 Å². The number of aromatic nitrogens is 1. The number of nitrogens with two attached hydrogens (primary N) is 1. The molecule has 1 aliphatic carbocycles. The number of nitrogens with zero attached hydrogens (tertiary/aromatic N) is 1. The van der Waals surface area contributed by atoms with Gasteiger partial charge in [-0.3, -0.25) is 0 Å². The number of aryl methyl sites for hydroxylation is 1. The highest BCUT2D eigenvalue weighted by Crippen LogP contribution is 2.57. The Morgan fingerprint density at radius 2 is 1.93 bits per heavy atom. The van der Waals surface area contributed by atoms with E-state index in [1.807, 2.05) is 43.3 Å². The number of anilines is 1. The van der Waals surface area contributed by atoms with Crippen LogP contribution in [0.3, 0.4) is 0 Å². The second kappa shape index (κ2) is 11.6. The van der Waals surface area contributed by atoms with Gasteiger partial charge in [-0.1, -0.05) is 36.4 Å². The fraction of sp³-hybridized carbons (Fsp3) is 0.343. The molecule has 0 fully saturated rings. The van der Waals surface area contributed by atoms with Crippen molar-refractivity contribution in [3.63, 3.8) is 0 Å². The van der Waals surface area contributed by atoms with E-state index in [0.717, 1.165) is 27.6 Å². The highest BCUT2D eigenvalue weighted by atomic mass is 16.6. The van der Waals surface area contributed by atoms with Crippen LogP contribution in [0.15, 0.2) is 81.7 Å². The molecule has 9 heteroatoms. The van der Waals surface area contributed by atoms with Gasteiger partial charge in [0.2, 0.25) is 0 Å². The van der Waals surface area contributed by atoms with E-state index in [1.165, 1.54) is 0 Å². The van der Waals surface area contributed by atoms with Crippen LogP contribution in [0.5, 0.6) is 5.75 Å². The number of hydrogen-bond acceptors (Lipinski definition) is 9. The van der Waals surface area contributed by atoms with Gasteiger partial charge in [-0.15, -0.1) is 0 Å². The van der Waals surface area contributed by atoms with Gasteiger partial charge in [0.15, 0.2) is 11.2 Å². The van der Waals surface area contributed by atoms with Crippen LogP contribution in [0.1, 0.15) is 60.4 Å². The lowest BCUT2D eigenvalue weighted by Crippen LogP contribution is -2.65. The molecule has 3 atom stereocenters. The molecular formula is C35H36N2O7. The molecular weight excluding hydrogens is 560 g/mol. The summed E-state index contributed by atoms with van der Waals surface area (Å²) in [5, 5.41) is 19.6. The maximum absolute atomic E-state index is 13.6. The van der Waals surface area contributed by atoms with Crippen molar-refractivity contribution in [2.24, 2.45) is 0 Å². The first-order valence-corrected chi connectivity index (χ1v) is 14.9. The summed E-state index contributed by atoms with van der Waals surface area (Å²) >= 11 is 0. The maximum Gasteiger partial charge on any atom is 0.339 e. The minimum absolute atomic E-state index is 0.0224. The van der Waals surface area contributed by atoms with Gasteiger partial charge in [0.25, 0.3) is 0 Å². The Morgan fingerprint density at radius 1 is 1.11 bits per heavy atom. The number of aliphatic hydroxyl groups is 2. The van der Waals surface area contributed by atoms with E-state index in [0.29, 0.717) is 54.0 Å². The van der Waals surface area contributed by atoms with Gasteiger partial charge in [0.1, 0.15) is 17.2 Å². The Hall–Kier alpha value is -4.47. The summed E-state index contributed by atoms with van der Waals surface area (Å²) in [6.07, 6.45) is 5.22. The lowest BCUT2D eigenvalue weighted by molar-refractivity contribution is -0.184. The van der Waals surface area contributed by atoms with Crippen LogP contribution in [-0.4, -0.2) is 45.6 Å². The molecule has 6 rings (SSSR count). The first-order valence-electron chi connectivity index (χ1n) is 14.9. The number of rotatable bonds is 8. The molecule has 2 aromatic heterocycles. The largest absolute Gasteiger partial charge is 0.481 e. The molecule has 0 saturated carbocycles. The SMILES string of the molecule is CC=C(CCO)C(=O)OC1(C)Cc2ccccc2C(c2ccc(N)nc2)C12Cc1cc3cc(CCCO)c(=O)oc3cc1O2. The number of hydrogen-bond donors (Lipinski definition) is 3. The van der Waals surface area contributed by atoms with Crippen molar-refractivity contribution < 1.29 is 28.9 Å². The van der Waals surface area contributed by atoms with E-state index in [2.05, 4.69) is 11.1 Å². The first kappa shape index (κ1) is 29.6. The molecule has 228 valence electrons. The molecule has 3 unspecified atom stereocenters. The fourth-order valence-corrected chi connectivity index (χ4v) is 6.85. The number of carbonyl (C=O) groups excluding carboxylic acids is 1. The van der Waals surface area contributed by atoms with Gasteiger partial charge in [-0.05, 0) is 67.1 Å².